The minimum atomic E-state index is -0.307. The molecule has 0 saturated heterocycles. The van der Waals surface area contributed by atoms with Gasteiger partial charge in [-0.15, -0.1) is 0 Å². The summed E-state index contributed by atoms with van der Waals surface area (Å²) in [6, 6.07) is 27.9. The Morgan fingerprint density at radius 2 is 1.47 bits per heavy atom. The lowest BCUT2D eigenvalue weighted by atomic mass is 10.2. The normalized spacial score (nSPS) is 10.7. The topological polar surface area (TPSA) is 51.7 Å². The molecule has 4 aromatic rings. The molecule has 0 fully saturated rings. The Labute approximate surface area is 208 Å². The van der Waals surface area contributed by atoms with Crippen molar-refractivity contribution in [3.63, 3.8) is 0 Å². The summed E-state index contributed by atoms with van der Waals surface area (Å²) < 4.78 is 12.4. The van der Waals surface area contributed by atoms with E-state index in [0.29, 0.717) is 26.3 Å². The van der Waals surface area contributed by atoms with E-state index in [1.807, 2.05) is 84.9 Å². The van der Waals surface area contributed by atoms with E-state index in [-0.39, 0.29) is 6.09 Å². The largest absolute Gasteiger partial charge is 0.492 e. The second-order valence-corrected chi connectivity index (χ2v) is 8.92. The van der Waals surface area contributed by atoms with Crippen molar-refractivity contribution < 1.29 is 14.3 Å². The minimum Gasteiger partial charge on any atom is -0.492 e. The van der Waals surface area contributed by atoms with Crippen LogP contribution in [0.4, 0.5) is 4.79 Å². The number of carbonyl (C=O) groups is 1. The highest BCUT2D eigenvalue weighted by atomic mass is 79.9. The summed E-state index contributed by atoms with van der Waals surface area (Å²) in [6.45, 7) is 1.90. The van der Waals surface area contributed by atoms with Gasteiger partial charge in [0, 0.05) is 22.9 Å². The molecule has 4 rings (SSSR count). The molecule has 0 unspecified atom stereocenters. The number of hydrogen-bond acceptors (Lipinski definition) is 4. The fraction of sp³-hybridized carbons (Fsp3) is 0.214. The number of amides is 1. The minimum absolute atomic E-state index is 0.307. The van der Waals surface area contributed by atoms with Crippen LogP contribution in [-0.2, 0) is 17.8 Å². The van der Waals surface area contributed by atoms with Crippen LogP contribution in [0.5, 0.6) is 5.75 Å². The van der Waals surface area contributed by atoms with Gasteiger partial charge in [0.05, 0.1) is 24.9 Å². The molecule has 0 spiro atoms. The van der Waals surface area contributed by atoms with Crippen molar-refractivity contribution in [2.45, 2.75) is 25.9 Å². The Morgan fingerprint density at radius 1 is 0.824 bits per heavy atom. The van der Waals surface area contributed by atoms with Gasteiger partial charge in [-0.2, -0.15) is 0 Å². The van der Waals surface area contributed by atoms with Crippen molar-refractivity contribution in [1.82, 2.24) is 9.88 Å². The molecule has 34 heavy (non-hydrogen) atoms. The third-order valence-electron chi connectivity index (χ3n) is 5.34. The number of benzene rings is 3. The van der Waals surface area contributed by atoms with Gasteiger partial charge in [-0.05, 0) is 48.2 Å². The van der Waals surface area contributed by atoms with E-state index in [2.05, 4.69) is 20.9 Å². The third-order valence-corrected chi connectivity index (χ3v) is 5.84. The van der Waals surface area contributed by atoms with E-state index in [4.69, 9.17) is 9.47 Å². The van der Waals surface area contributed by atoms with Gasteiger partial charge in [0.2, 0.25) is 0 Å². The van der Waals surface area contributed by atoms with Gasteiger partial charge >= 0.3 is 6.09 Å². The maximum atomic E-state index is 12.8. The van der Waals surface area contributed by atoms with Crippen LogP contribution >= 0.6 is 15.9 Å². The van der Waals surface area contributed by atoms with Crippen LogP contribution in [-0.4, -0.2) is 29.2 Å². The lowest BCUT2D eigenvalue weighted by Gasteiger charge is -2.22. The van der Waals surface area contributed by atoms with Crippen molar-refractivity contribution in [1.29, 1.82) is 0 Å². The van der Waals surface area contributed by atoms with Gasteiger partial charge in [0.1, 0.15) is 5.75 Å². The molecule has 0 aliphatic rings. The summed E-state index contributed by atoms with van der Waals surface area (Å²) in [6.07, 6.45) is 2.93. The van der Waals surface area contributed by atoms with Gasteiger partial charge < -0.3 is 9.47 Å². The van der Waals surface area contributed by atoms with Crippen molar-refractivity contribution in [3.8, 4) is 5.75 Å². The number of aromatic nitrogens is 1. The fourth-order valence-corrected chi connectivity index (χ4v) is 3.98. The second kappa shape index (κ2) is 12.2. The van der Waals surface area contributed by atoms with Crippen molar-refractivity contribution in [2.75, 3.05) is 13.2 Å². The van der Waals surface area contributed by atoms with E-state index in [0.717, 1.165) is 45.1 Å². The first kappa shape index (κ1) is 23.8. The van der Waals surface area contributed by atoms with E-state index in [1.165, 1.54) is 0 Å². The zero-order valence-electron chi connectivity index (χ0n) is 18.9. The summed E-state index contributed by atoms with van der Waals surface area (Å²) >= 11 is 3.48. The average Bonchev–Trinajstić information content (AvgIpc) is 2.86. The van der Waals surface area contributed by atoms with Crippen LogP contribution in [0.1, 0.15) is 24.0 Å². The Morgan fingerprint density at radius 3 is 2.15 bits per heavy atom. The smallest absolute Gasteiger partial charge is 0.410 e. The lowest BCUT2D eigenvalue weighted by molar-refractivity contribution is 0.0942. The van der Waals surface area contributed by atoms with Gasteiger partial charge in [-0.25, -0.2) is 4.79 Å². The summed E-state index contributed by atoms with van der Waals surface area (Å²) in [5.41, 5.74) is 3.07. The number of fused-ring (bicyclic) bond motifs is 1. The molecular weight excluding hydrogens is 492 g/mol. The summed E-state index contributed by atoms with van der Waals surface area (Å²) in [4.78, 5) is 19.0. The third kappa shape index (κ3) is 7.06. The number of halogens is 1. The molecule has 0 N–H and O–H groups in total. The molecule has 1 aromatic heterocycles. The van der Waals surface area contributed by atoms with Gasteiger partial charge in [-0.3, -0.25) is 9.88 Å². The highest BCUT2D eigenvalue weighted by molar-refractivity contribution is 9.10. The zero-order chi connectivity index (χ0) is 23.6. The predicted octanol–water partition coefficient (Wildman–Crippen LogP) is 7.00. The van der Waals surface area contributed by atoms with Crippen molar-refractivity contribution in [2.24, 2.45) is 0 Å². The Balaban J connectivity index is 1.23. The number of hydrogen-bond donors (Lipinski definition) is 0. The number of pyridine rings is 1. The van der Waals surface area contributed by atoms with Crippen molar-refractivity contribution >= 4 is 32.9 Å². The van der Waals surface area contributed by atoms with Gasteiger partial charge in [0.25, 0.3) is 0 Å². The number of unbranched alkanes of at least 4 members (excludes halogenated alkanes) is 1. The number of ether oxygens (including phenoxy) is 2. The predicted molar refractivity (Wildman–Crippen MR) is 138 cm³/mol. The second-order valence-electron chi connectivity index (χ2n) is 8.01. The average molecular weight is 519 g/mol. The Hall–Kier alpha value is -3.38. The van der Waals surface area contributed by atoms with E-state index < -0.39 is 0 Å². The molecule has 0 radical (unpaired) electrons. The van der Waals surface area contributed by atoms with Crippen LogP contribution in [0, 0.1) is 0 Å². The van der Waals surface area contributed by atoms with E-state index in [9.17, 15) is 4.79 Å². The molecule has 0 aliphatic carbocycles. The number of nitrogens with zero attached hydrogens (tertiary/aromatic N) is 2. The monoisotopic (exact) mass is 518 g/mol. The first-order valence-corrected chi connectivity index (χ1v) is 12.1. The maximum absolute atomic E-state index is 12.8. The molecule has 0 bridgehead atoms. The number of rotatable bonds is 10. The first-order valence-electron chi connectivity index (χ1n) is 11.3. The molecule has 5 nitrogen and oxygen atoms in total. The molecular formula is C28H27BrN2O3. The van der Waals surface area contributed by atoms with E-state index >= 15 is 0 Å². The van der Waals surface area contributed by atoms with Crippen LogP contribution < -0.4 is 4.74 Å². The van der Waals surface area contributed by atoms with Crippen LogP contribution in [0.15, 0.2) is 95.6 Å². The molecule has 0 aliphatic heterocycles. The van der Waals surface area contributed by atoms with Crippen LogP contribution in [0.3, 0.4) is 0 Å². The summed E-state index contributed by atoms with van der Waals surface area (Å²) in [7, 11) is 0. The molecule has 0 saturated carbocycles. The molecule has 3 aromatic carbocycles. The van der Waals surface area contributed by atoms with Crippen molar-refractivity contribution in [3.05, 3.63) is 107 Å². The summed E-state index contributed by atoms with van der Waals surface area (Å²) in [5, 5.41) is 1.03. The zero-order valence-corrected chi connectivity index (χ0v) is 20.5. The van der Waals surface area contributed by atoms with E-state index in [1.54, 1.807) is 11.1 Å². The highest BCUT2D eigenvalue weighted by Gasteiger charge is 2.16. The lowest BCUT2D eigenvalue weighted by Crippen LogP contribution is -2.31. The molecule has 1 heterocycles. The molecule has 6 heteroatoms. The standard InChI is InChI=1S/C28H27BrN2O3/c29-25-13-14-27-24(17-25)18-26(19-30-27)33-15-7-8-16-34-28(32)31(20-22-9-3-1-4-10-22)21-23-11-5-2-6-12-23/h1-6,9-14,17-19H,7-8,15-16,20-21H2. The fourth-order valence-electron chi connectivity index (χ4n) is 3.60. The Bertz CT molecular complexity index is 1160. The molecule has 1 amide bonds. The van der Waals surface area contributed by atoms with Gasteiger partial charge in [-0.1, -0.05) is 76.6 Å². The van der Waals surface area contributed by atoms with Crippen LogP contribution in [0.25, 0.3) is 10.9 Å². The first-order chi connectivity index (χ1) is 16.7. The molecule has 0 atom stereocenters. The SMILES string of the molecule is O=C(OCCCCOc1cnc2ccc(Br)cc2c1)N(Cc1ccccc1)Cc1ccccc1. The Kier molecular flexibility index (Phi) is 8.52. The highest BCUT2D eigenvalue weighted by Crippen LogP contribution is 2.22. The van der Waals surface area contributed by atoms with Crippen LogP contribution in [0.2, 0.25) is 0 Å². The molecule has 174 valence electrons. The summed E-state index contributed by atoms with van der Waals surface area (Å²) in [5.74, 6) is 0.736. The number of carbonyl (C=O) groups excluding carboxylic acids is 1. The quantitative estimate of drug-likeness (QED) is 0.212. The maximum Gasteiger partial charge on any atom is 0.410 e. The van der Waals surface area contributed by atoms with Gasteiger partial charge in [0.15, 0.2) is 0 Å².